The van der Waals surface area contributed by atoms with Crippen molar-refractivity contribution in [1.82, 2.24) is 9.62 Å². The van der Waals surface area contributed by atoms with E-state index in [1.165, 1.54) is 12.1 Å². The minimum absolute atomic E-state index is 0.0320. The number of halogens is 2. The Kier molecular flexibility index (Phi) is 6.90. The van der Waals surface area contributed by atoms with Crippen molar-refractivity contribution in [3.05, 3.63) is 27.7 Å². The lowest BCUT2D eigenvalue weighted by Gasteiger charge is -2.18. The predicted molar refractivity (Wildman–Crippen MR) is 85.3 cm³/mol. The number of aliphatic hydroxyl groups is 1. The fourth-order valence-corrected chi connectivity index (χ4v) is 3.87. The molecule has 1 unspecified atom stereocenters. The largest absolute Gasteiger partial charge is 0.392 e. The smallest absolute Gasteiger partial charge is 0.242 e. The number of aliphatic hydroxyl groups excluding tert-OH is 1. The highest BCUT2D eigenvalue weighted by Crippen LogP contribution is 2.28. The van der Waals surface area contributed by atoms with Crippen LogP contribution in [0.3, 0.4) is 0 Å². The van der Waals surface area contributed by atoms with Crippen molar-refractivity contribution in [3.8, 4) is 0 Å². The molecular formula is C13H20Cl2N2O3S. The molecule has 0 aliphatic heterocycles. The molecule has 0 saturated heterocycles. The van der Waals surface area contributed by atoms with Gasteiger partial charge >= 0.3 is 0 Å². The van der Waals surface area contributed by atoms with Gasteiger partial charge in [0.05, 0.1) is 11.6 Å². The summed E-state index contributed by atoms with van der Waals surface area (Å²) < 4.78 is 27.3. The molecule has 0 spiro atoms. The van der Waals surface area contributed by atoms with Gasteiger partial charge in [0, 0.05) is 11.1 Å². The summed E-state index contributed by atoms with van der Waals surface area (Å²) in [6.45, 7) is 2.20. The van der Waals surface area contributed by atoms with E-state index in [9.17, 15) is 13.5 Å². The van der Waals surface area contributed by atoms with Gasteiger partial charge in [-0.05, 0) is 51.7 Å². The van der Waals surface area contributed by atoms with Crippen LogP contribution < -0.4 is 4.72 Å². The molecule has 0 aliphatic rings. The van der Waals surface area contributed by atoms with Gasteiger partial charge in [0.1, 0.15) is 4.90 Å². The lowest BCUT2D eigenvalue weighted by atomic mass is 10.2. The van der Waals surface area contributed by atoms with E-state index in [1.54, 1.807) is 6.92 Å². The van der Waals surface area contributed by atoms with Gasteiger partial charge in [0.15, 0.2) is 0 Å². The van der Waals surface area contributed by atoms with E-state index in [4.69, 9.17) is 23.2 Å². The summed E-state index contributed by atoms with van der Waals surface area (Å²) in [5, 5.41) is 9.45. The van der Waals surface area contributed by atoms with Crippen LogP contribution in [0.5, 0.6) is 0 Å². The van der Waals surface area contributed by atoms with E-state index in [0.717, 1.165) is 6.54 Å². The minimum atomic E-state index is -3.76. The highest BCUT2D eigenvalue weighted by atomic mass is 35.5. The Morgan fingerprint density at radius 1 is 1.29 bits per heavy atom. The van der Waals surface area contributed by atoms with E-state index in [1.807, 2.05) is 19.0 Å². The van der Waals surface area contributed by atoms with Crippen molar-refractivity contribution < 1.29 is 13.5 Å². The van der Waals surface area contributed by atoms with Crippen LogP contribution in [0.1, 0.15) is 18.9 Å². The topological polar surface area (TPSA) is 69.6 Å². The van der Waals surface area contributed by atoms with Gasteiger partial charge in [-0.25, -0.2) is 13.1 Å². The zero-order valence-electron chi connectivity index (χ0n) is 12.2. The Labute approximate surface area is 135 Å². The second kappa shape index (κ2) is 7.76. The first-order valence-corrected chi connectivity index (χ1v) is 8.67. The van der Waals surface area contributed by atoms with E-state index in [-0.39, 0.29) is 27.6 Å². The van der Waals surface area contributed by atoms with Gasteiger partial charge < -0.3 is 10.0 Å². The maximum atomic E-state index is 12.4. The van der Waals surface area contributed by atoms with Crippen LogP contribution >= 0.6 is 23.2 Å². The van der Waals surface area contributed by atoms with Crippen molar-refractivity contribution in [2.24, 2.45) is 0 Å². The molecule has 0 bridgehead atoms. The summed E-state index contributed by atoms with van der Waals surface area (Å²) in [6, 6.07) is 2.39. The van der Waals surface area contributed by atoms with Crippen LogP contribution in [0, 0.1) is 0 Å². The number of hydrogen-bond donors (Lipinski definition) is 2. The Morgan fingerprint density at radius 2 is 1.90 bits per heavy atom. The normalized spacial score (nSPS) is 13.7. The number of rotatable bonds is 7. The van der Waals surface area contributed by atoms with Crippen LogP contribution in [0.25, 0.3) is 0 Å². The van der Waals surface area contributed by atoms with Gasteiger partial charge in [-0.3, -0.25) is 0 Å². The second-order valence-electron chi connectivity index (χ2n) is 5.15. The van der Waals surface area contributed by atoms with Crippen molar-refractivity contribution in [2.45, 2.75) is 30.9 Å². The zero-order chi connectivity index (χ0) is 16.2. The molecule has 21 heavy (non-hydrogen) atoms. The van der Waals surface area contributed by atoms with Crippen LogP contribution in [-0.2, 0) is 16.6 Å². The number of sulfonamides is 1. The van der Waals surface area contributed by atoms with Crippen LogP contribution in [0.2, 0.25) is 10.0 Å². The number of nitrogens with one attached hydrogen (secondary N) is 1. The maximum absolute atomic E-state index is 12.4. The highest BCUT2D eigenvalue weighted by Gasteiger charge is 2.22. The first-order valence-electron chi connectivity index (χ1n) is 6.43. The van der Waals surface area contributed by atoms with E-state index in [0.29, 0.717) is 12.0 Å². The van der Waals surface area contributed by atoms with Crippen LogP contribution in [-0.4, -0.2) is 45.1 Å². The Hall–Kier alpha value is -0.370. The quantitative estimate of drug-likeness (QED) is 0.786. The van der Waals surface area contributed by atoms with Crippen LogP contribution in [0.15, 0.2) is 17.0 Å². The van der Waals surface area contributed by atoms with Gasteiger partial charge in [-0.2, -0.15) is 0 Å². The summed E-state index contributed by atoms with van der Waals surface area (Å²) in [5.41, 5.74) is 0.322. The number of hydrogen-bond acceptors (Lipinski definition) is 4. The molecule has 0 fully saturated rings. The third-order valence-electron chi connectivity index (χ3n) is 2.93. The summed E-state index contributed by atoms with van der Waals surface area (Å²) in [6.07, 6.45) is 0.671. The molecule has 0 aliphatic carbocycles. The summed E-state index contributed by atoms with van der Waals surface area (Å²) in [4.78, 5) is 1.90. The zero-order valence-corrected chi connectivity index (χ0v) is 14.6. The molecule has 0 heterocycles. The third-order valence-corrected chi connectivity index (χ3v) is 5.33. The molecule has 2 N–H and O–H groups in total. The molecule has 0 radical (unpaired) electrons. The first kappa shape index (κ1) is 18.7. The maximum Gasteiger partial charge on any atom is 0.242 e. The molecule has 0 saturated carbocycles. The molecule has 1 aromatic carbocycles. The third kappa shape index (κ3) is 5.39. The van der Waals surface area contributed by atoms with Crippen molar-refractivity contribution >= 4 is 33.2 Å². The molecule has 1 rings (SSSR count). The monoisotopic (exact) mass is 354 g/mol. The van der Waals surface area contributed by atoms with Crippen molar-refractivity contribution in [3.63, 3.8) is 0 Å². The molecule has 8 heteroatoms. The van der Waals surface area contributed by atoms with Gasteiger partial charge in [0.2, 0.25) is 10.0 Å². The average Bonchev–Trinajstić information content (AvgIpc) is 2.35. The Morgan fingerprint density at radius 3 is 2.43 bits per heavy atom. The Balaban J connectivity index is 2.97. The fourth-order valence-electron chi connectivity index (χ4n) is 1.74. The van der Waals surface area contributed by atoms with E-state index < -0.39 is 10.0 Å². The van der Waals surface area contributed by atoms with E-state index >= 15 is 0 Å². The molecule has 120 valence electrons. The molecule has 1 atom stereocenters. The molecular weight excluding hydrogens is 335 g/mol. The second-order valence-corrected chi connectivity index (χ2v) is 7.64. The van der Waals surface area contributed by atoms with E-state index in [2.05, 4.69) is 4.72 Å². The van der Waals surface area contributed by atoms with Gasteiger partial charge in [0.25, 0.3) is 0 Å². The van der Waals surface area contributed by atoms with Gasteiger partial charge in [-0.15, -0.1) is 0 Å². The average molecular weight is 355 g/mol. The standard InChI is InChI=1S/C13H20Cl2N2O3S/c1-9(4-5-17(2)3)16-21(19,20)13-6-10(8-18)11(14)7-12(13)15/h6-7,9,16,18H,4-5,8H2,1-3H3. The molecule has 5 nitrogen and oxygen atoms in total. The summed E-state index contributed by atoms with van der Waals surface area (Å²) >= 11 is 11.8. The van der Waals surface area contributed by atoms with Crippen molar-refractivity contribution in [1.29, 1.82) is 0 Å². The number of benzene rings is 1. The summed E-state index contributed by atoms with van der Waals surface area (Å²) in [7, 11) is 0.0852. The lowest BCUT2D eigenvalue weighted by Crippen LogP contribution is -2.35. The van der Waals surface area contributed by atoms with Gasteiger partial charge in [-0.1, -0.05) is 23.2 Å². The number of nitrogens with zero attached hydrogens (tertiary/aromatic N) is 1. The molecule has 0 amide bonds. The SMILES string of the molecule is CC(CCN(C)C)NS(=O)(=O)c1cc(CO)c(Cl)cc1Cl. The predicted octanol–water partition coefficient (Wildman–Crippen LogP) is 2.10. The fraction of sp³-hybridized carbons (Fsp3) is 0.538. The lowest BCUT2D eigenvalue weighted by molar-refractivity contribution is 0.281. The molecule has 0 aromatic heterocycles. The molecule has 1 aromatic rings. The van der Waals surface area contributed by atoms with Crippen molar-refractivity contribution in [2.75, 3.05) is 20.6 Å². The highest BCUT2D eigenvalue weighted by molar-refractivity contribution is 7.89. The minimum Gasteiger partial charge on any atom is -0.392 e. The Bertz CT molecular complexity index is 591. The first-order chi connectivity index (χ1) is 9.67. The summed E-state index contributed by atoms with van der Waals surface area (Å²) in [5.74, 6) is 0. The van der Waals surface area contributed by atoms with Crippen LogP contribution in [0.4, 0.5) is 0 Å².